The number of anilines is 1. The summed E-state index contributed by atoms with van der Waals surface area (Å²) >= 11 is 6.00. The van der Waals surface area contributed by atoms with Crippen LogP contribution in [0.25, 0.3) is 0 Å². The van der Waals surface area contributed by atoms with E-state index in [1.54, 1.807) is 6.07 Å². The van der Waals surface area contributed by atoms with E-state index >= 15 is 0 Å². The zero-order chi connectivity index (χ0) is 13.7. The molecule has 0 saturated heterocycles. The minimum Gasteiger partial charge on any atom is -0.338 e. The highest BCUT2D eigenvalue weighted by molar-refractivity contribution is 6.31. The SMILES string of the molecule is Cc1ccc(NC(=O)NCCCNC2CC2)cc1Cl. The van der Waals surface area contributed by atoms with Gasteiger partial charge in [-0.25, -0.2) is 4.79 Å². The fraction of sp³-hybridized carbons (Fsp3) is 0.500. The highest BCUT2D eigenvalue weighted by Crippen LogP contribution is 2.19. The predicted molar refractivity (Wildman–Crippen MR) is 78.9 cm³/mol. The largest absolute Gasteiger partial charge is 0.338 e. The number of carbonyl (C=O) groups excluding carboxylic acids is 1. The van der Waals surface area contributed by atoms with Gasteiger partial charge in [0.2, 0.25) is 0 Å². The number of carbonyl (C=O) groups is 1. The topological polar surface area (TPSA) is 53.2 Å². The van der Waals surface area contributed by atoms with E-state index in [2.05, 4.69) is 16.0 Å². The van der Waals surface area contributed by atoms with Crippen LogP contribution in [0.15, 0.2) is 18.2 Å². The lowest BCUT2D eigenvalue weighted by atomic mass is 10.2. The lowest BCUT2D eigenvalue weighted by molar-refractivity contribution is 0.252. The van der Waals surface area contributed by atoms with Crippen molar-refractivity contribution < 1.29 is 4.79 Å². The Morgan fingerprint density at radius 2 is 2.16 bits per heavy atom. The van der Waals surface area contributed by atoms with Crippen LogP contribution in [0.2, 0.25) is 5.02 Å². The summed E-state index contributed by atoms with van der Waals surface area (Å²) in [4.78, 5) is 11.6. The third-order valence-corrected chi connectivity index (χ3v) is 3.49. The Bertz CT molecular complexity index is 446. The summed E-state index contributed by atoms with van der Waals surface area (Å²) < 4.78 is 0. The maximum Gasteiger partial charge on any atom is 0.319 e. The Kier molecular flexibility index (Phi) is 5.05. The minimum absolute atomic E-state index is 0.189. The molecule has 1 aromatic carbocycles. The molecule has 1 aliphatic carbocycles. The van der Waals surface area contributed by atoms with Crippen molar-refractivity contribution in [3.05, 3.63) is 28.8 Å². The molecule has 0 radical (unpaired) electrons. The highest BCUT2D eigenvalue weighted by atomic mass is 35.5. The molecule has 0 bridgehead atoms. The van der Waals surface area contributed by atoms with Crippen LogP contribution in [0, 0.1) is 6.92 Å². The van der Waals surface area contributed by atoms with Gasteiger partial charge in [-0.05, 0) is 50.4 Å². The maximum absolute atomic E-state index is 11.6. The first-order chi connectivity index (χ1) is 9.15. The fourth-order valence-electron chi connectivity index (χ4n) is 1.73. The van der Waals surface area contributed by atoms with Gasteiger partial charge in [-0.15, -0.1) is 0 Å². The maximum atomic E-state index is 11.6. The van der Waals surface area contributed by atoms with Crippen molar-refractivity contribution in [3.8, 4) is 0 Å². The number of rotatable bonds is 6. The summed E-state index contributed by atoms with van der Waals surface area (Å²) in [5, 5.41) is 9.66. The third kappa shape index (κ3) is 5.09. The van der Waals surface area contributed by atoms with Crippen LogP contribution in [-0.2, 0) is 0 Å². The van der Waals surface area contributed by atoms with Crippen LogP contribution in [0.3, 0.4) is 0 Å². The van der Waals surface area contributed by atoms with Gasteiger partial charge >= 0.3 is 6.03 Å². The summed E-state index contributed by atoms with van der Waals surface area (Å²) in [5.41, 5.74) is 1.71. The van der Waals surface area contributed by atoms with Gasteiger partial charge in [0, 0.05) is 23.3 Å². The van der Waals surface area contributed by atoms with Crippen molar-refractivity contribution in [3.63, 3.8) is 0 Å². The van der Waals surface area contributed by atoms with E-state index in [-0.39, 0.29) is 6.03 Å². The van der Waals surface area contributed by atoms with Crippen LogP contribution in [-0.4, -0.2) is 25.2 Å². The molecule has 1 aromatic rings. The van der Waals surface area contributed by atoms with E-state index in [9.17, 15) is 4.79 Å². The molecule has 19 heavy (non-hydrogen) atoms. The summed E-state index contributed by atoms with van der Waals surface area (Å²) in [6.07, 6.45) is 3.53. The number of hydrogen-bond donors (Lipinski definition) is 3. The van der Waals surface area contributed by atoms with E-state index in [0.29, 0.717) is 17.3 Å². The second kappa shape index (κ2) is 6.78. The van der Waals surface area contributed by atoms with Gasteiger partial charge in [0.05, 0.1) is 0 Å². The van der Waals surface area contributed by atoms with E-state index in [1.165, 1.54) is 12.8 Å². The van der Waals surface area contributed by atoms with Crippen LogP contribution in [0.4, 0.5) is 10.5 Å². The molecule has 4 nitrogen and oxygen atoms in total. The fourth-order valence-corrected chi connectivity index (χ4v) is 1.91. The lowest BCUT2D eigenvalue weighted by Crippen LogP contribution is -2.31. The van der Waals surface area contributed by atoms with Crippen molar-refractivity contribution in [2.24, 2.45) is 0 Å². The zero-order valence-corrected chi connectivity index (χ0v) is 11.9. The Hall–Kier alpha value is -1.26. The van der Waals surface area contributed by atoms with Crippen LogP contribution in [0.5, 0.6) is 0 Å². The van der Waals surface area contributed by atoms with Crippen molar-refractivity contribution in [2.75, 3.05) is 18.4 Å². The van der Waals surface area contributed by atoms with E-state index in [0.717, 1.165) is 24.6 Å². The summed E-state index contributed by atoms with van der Waals surface area (Å²) in [6, 6.07) is 6.02. The Balaban J connectivity index is 1.63. The first-order valence-corrected chi connectivity index (χ1v) is 7.07. The molecule has 0 unspecified atom stereocenters. The number of aryl methyl sites for hydroxylation is 1. The normalized spacial score (nSPS) is 14.2. The summed E-state index contributed by atoms with van der Waals surface area (Å²) in [6.45, 7) is 3.56. The number of urea groups is 1. The molecule has 5 heteroatoms. The monoisotopic (exact) mass is 281 g/mol. The number of nitrogens with one attached hydrogen (secondary N) is 3. The molecule has 2 rings (SSSR count). The first-order valence-electron chi connectivity index (χ1n) is 6.69. The number of halogens is 1. The molecule has 104 valence electrons. The van der Waals surface area contributed by atoms with Crippen molar-refractivity contribution in [1.29, 1.82) is 0 Å². The standard InChI is InChI=1S/C14H20ClN3O/c1-10-3-4-12(9-13(10)15)18-14(19)17-8-2-7-16-11-5-6-11/h3-4,9,11,16H,2,5-8H2,1H3,(H2,17,18,19). The van der Waals surface area contributed by atoms with Gasteiger partial charge in [-0.3, -0.25) is 0 Å². The molecule has 3 N–H and O–H groups in total. The molecule has 0 heterocycles. The molecule has 1 saturated carbocycles. The van der Waals surface area contributed by atoms with Gasteiger partial charge in [-0.1, -0.05) is 17.7 Å². The zero-order valence-electron chi connectivity index (χ0n) is 11.1. The molecule has 1 fully saturated rings. The van der Waals surface area contributed by atoms with E-state index in [1.807, 2.05) is 19.1 Å². The van der Waals surface area contributed by atoms with Gasteiger partial charge < -0.3 is 16.0 Å². The van der Waals surface area contributed by atoms with Crippen LogP contribution in [0.1, 0.15) is 24.8 Å². The molecular formula is C14H20ClN3O. The highest BCUT2D eigenvalue weighted by Gasteiger charge is 2.19. The second-order valence-corrected chi connectivity index (χ2v) is 5.33. The number of hydrogen-bond acceptors (Lipinski definition) is 2. The smallest absolute Gasteiger partial charge is 0.319 e. The lowest BCUT2D eigenvalue weighted by Gasteiger charge is -2.09. The average Bonchev–Trinajstić information content (AvgIpc) is 3.17. The second-order valence-electron chi connectivity index (χ2n) is 4.93. The van der Waals surface area contributed by atoms with Gasteiger partial charge in [0.25, 0.3) is 0 Å². The van der Waals surface area contributed by atoms with E-state index < -0.39 is 0 Å². The first kappa shape index (κ1) is 14.2. The van der Waals surface area contributed by atoms with Gasteiger partial charge in [-0.2, -0.15) is 0 Å². The molecule has 0 atom stereocenters. The molecular weight excluding hydrogens is 262 g/mol. The predicted octanol–water partition coefficient (Wildman–Crippen LogP) is 2.91. The molecule has 0 aromatic heterocycles. The Morgan fingerprint density at radius 3 is 2.84 bits per heavy atom. The van der Waals surface area contributed by atoms with Crippen LogP contribution < -0.4 is 16.0 Å². The molecule has 2 amide bonds. The van der Waals surface area contributed by atoms with Gasteiger partial charge in [0.1, 0.15) is 0 Å². The van der Waals surface area contributed by atoms with Crippen molar-refractivity contribution in [1.82, 2.24) is 10.6 Å². The average molecular weight is 282 g/mol. The number of benzene rings is 1. The Morgan fingerprint density at radius 1 is 1.37 bits per heavy atom. The minimum atomic E-state index is -0.189. The van der Waals surface area contributed by atoms with Gasteiger partial charge in [0.15, 0.2) is 0 Å². The molecule has 0 spiro atoms. The third-order valence-electron chi connectivity index (χ3n) is 3.08. The molecule has 1 aliphatic rings. The van der Waals surface area contributed by atoms with Crippen molar-refractivity contribution in [2.45, 2.75) is 32.2 Å². The summed E-state index contributed by atoms with van der Waals surface area (Å²) in [5.74, 6) is 0. The van der Waals surface area contributed by atoms with Crippen molar-refractivity contribution >= 4 is 23.3 Å². The molecule has 0 aliphatic heterocycles. The van der Waals surface area contributed by atoms with Crippen LogP contribution >= 0.6 is 11.6 Å². The number of amides is 2. The Labute approximate surface area is 118 Å². The quantitative estimate of drug-likeness (QED) is 0.702. The van der Waals surface area contributed by atoms with E-state index in [4.69, 9.17) is 11.6 Å². The summed E-state index contributed by atoms with van der Waals surface area (Å²) in [7, 11) is 0.